The molecule has 1 heterocycles. The molecule has 0 atom stereocenters. The molecule has 2 rings (SSSR count). The predicted molar refractivity (Wildman–Crippen MR) is 68.3 cm³/mol. The molecule has 1 aromatic carbocycles. The van der Waals surface area contributed by atoms with E-state index in [0.29, 0.717) is 12.2 Å². The third-order valence-electron chi connectivity index (χ3n) is 2.22. The van der Waals surface area contributed by atoms with E-state index in [-0.39, 0.29) is 5.82 Å². The normalized spacial score (nSPS) is 10.4. The molecule has 1 N–H and O–H groups in total. The van der Waals surface area contributed by atoms with E-state index in [1.54, 1.807) is 22.9 Å². The summed E-state index contributed by atoms with van der Waals surface area (Å²) < 4.78 is 14.2. The fraction of sp³-hybridized carbons (Fsp3) is 0.182. The summed E-state index contributed by atoms with van der Waals surface area (Å²) in [4.78, 5) is 5.27. The van der Waals surface area contributed by atoms with Gasteiger partial charge in [-0.25, -0.2) is 9.37 Å². The first-order chi connectivity index (χ1) is 7.66. The number of nitrogens with one attached hydrogen (secondary N) is 1. The SMILES string of the molecule is Cc1ncsc1CNc1ccc(Br)cc1F. The molecule has 2 nitrogen and oxygen atoms in total. The smallest absolute Gasteiger partial charge is 0.147 e. The van der Waals surface area contributed by atoms with Gasteiger partial charge in [0.1, 0.15) is 5.82 Å². The molecule has 5 heteroatoms. The Morgan fingerprint density at radius 2 is 2.31 bits per heavy atom. The maximum atomic E-state index is 13.5. The number of hydrogen-bond donors (Lipinski definition) is 1. The van der Waals surface area contributed by atoms with Gasteiger partial charge >= 0.3 is 0 Å². The minimum atomic E-state index is -0.253. The summed E-state index contributed by atoms with van der Waals surface area (Å²) >= 11 is 4.79. The predicted octanol–water partition coefficient (Wildman–Crippen LogP) is 3.97. The van der Waals surface area contributed by atoms with Gasteiger partial charge in [-0.3, -0.25) is 0 Å². The Hall–Kier alpha value is -0.940. The van der Waals surface area contributed by atoms with Gasteiger partial charge in [0.05, 0.1) is 23.4 Å². The standard InChI is InChI=1S/C11H10BrFN2S/c1-7-11(16-6-15-7)5-14-10-3-2-8(12)4-9(10)13/h2-4,6,14H,5H2,1H3. The molecule has 0 aliphatic heterocycles. The highest BCUT2D eigenvalue weighted by atomic mass is 79.9. The van der Waals surface area contributed by atoms with Gasteiger partial charge in [-0.15, -0.1) is 11.3 Å². The number of nitrogens with zero attached hydrogens (tertiary/aromatic N) is 1. The molecule has 0 unspecified atom stereocenters. The van der Waals surface area contributed by atoms with Crippen LogP contribution in [0.25, 0.3) is 0 Å². The first-order valence-electron chi connectivity index (χ1n) is 4.74. The molecule has 16 heavy (non-hydrogen) atoms. The molecule has 0 fully saturated rings. The number of anilines is 1. The minimum Gasteiger partial charge on any atom is -0.378 e. The van der Waals surface area contributed by atoms with Crippen molar-refractivity contribution in [1.29, 1.82) is 0 Å². The summed E-state index contributed by atoms with van der Waals surface area (Å²) in [6.45, 7) is 2.56. The lowest BCUT2D eigenvalue weighted by Crippen LogP contribution is -2.01. The van der Waals surface area contributed by atoms with Crippen molar-refractivity contribution >= 4 is 33.0 Å². The van der Waals surface area contributed by atoms with Gasteiger partial charge in [0.2, 0.25) is 0 Å². The van der Waals surface area contributed by atoms with Gasteiger partial charge in [-0.1, -0.05) is 15.9 Å². The number of aromatic nitrogens is 1. The molecule has 2 aromatic rings. The summed E-state index contributed by atoms with van der Waals surface area (Å²) in [5.41, 5.74) is 3.30. The average molecular weight is 301 g/mol. The van der Waals surface area contributed by atoms with Crippen LogP contribution >= 0.6 is 27.3 Å². The van der Waals surface area contributed by atoms with Gasteiger partial charge in [-0.05, 0) is 25.1 Å². The van der Waals surface area contributed by atoms with E-state index in [0.717, 1.165) is 15.0 Å². The first kappa shape index (κ1) is 11.5. The quantitative estimate of drug-likeness (QED) is 0.928. The fourth-order valence-corrected chi connectivity index (χ4v) is 2.35. The third kappa shape index (κ3) is 2.59. The fourth-order valence-electron chi connectivity index (χ4n) is 1.30. The molecule has 0 saturated heterocycles. The Balaban J connectivity index is 2.08. The lowest BCUT2D eigenvalue weighted by atomic mass is 10.3. The maximum absolute atomic E-state index is 13.5. The highest BCUT2D eigenvalue weighted by Crippen LogP contribution is 2.21. The van der Waals surface area contributed by atoms with Crippen molar-refractivity contribution in [2.24, 2.45) is 0 Å². The number of halogens is 2. The molecule has 0 spiro atoms. The van der Waals surface area contributed by atoms with Crippen LogP contribution in [-0.2, 0) is 6.54 Å². The monoisotopic (exact) mass is 300 g/mol. The van der Waals surface area contributed by atoms with Crippen LogP contribution in [0.5, 0.6) is 0 Å². The second kappa shape index (κ2) is 4.93. The molecule has 0 aliphatic carbocycles. The molecular weight excluding hydrogens is 291 g/mol. The van der Waals surface area contributed by atoms with E-state index in [9.17, 15) is 4.39 Å². The van der Waals surface area contributed by atoms with Crippen LogP contribution in [0.2, 0.25) is 0 Å². The van der Waals surface area contributed by atoms with Gasteiger partial charge in [0.25, 0.3) is 0 Å². The Morgan fingerprint density at radius 1 is 1.50 bits per heavy atom. The highest BCUT2D eigenvalue weighted by Gasteiger charge is 2.04. The number of thiazole rings is 1. The molecule has 0 bridgehead atoms. The van der Waals surface area contributed by atoms with Gasteiger partial charge in [0, 0.05) is 9.35 Å². The lowest BCUT2D eigenvalue weighted by molar-refractivity contribution is 0.629. The van der Waals surface area contributed by atoms with Crippen LogP contribution in [0.3, 0.4) is 0 Å². The molecule has 0 radical (unpaired) electrons. The Kier molecular flexibility index (Phi) is 3.56. The maximum Gasteiger partial charge on any atom is 0.147 e. The van der Waals surface area contributed by atoms with Crippen LogP contribution in [0.4, 0.5) is 10.1 Å². The van der Waals surface area contributed by atoms with Gasteiger partial charge in [-0.2, -0.15) is 0 Å². The number of aryl methyl sites for hydroxylation is 1. The third-order valence-corrected chi connectivity index (χ3v) is 3.64. The van der Waals surface area contributed by atoms with Crippen molar-refractivity contribution in [3.05, 3.63) is 44.6 Å². The van der Waals surface area contributed by atoms with Crippen molar-refractivity contribution < 1.29 is 4.39 Å². The first-order valence-corrected chi connectivity index (χ1v) is 6.42. The summed E-state index contributed by atoms with van der Waals surface area (Å²) in [7, 11) is 0. The zero-order chi connectivity index (χ0) is 11.5. The van der Waals surface area contributed by atoms with Gasteiger partial charge in [0.15, 0.2) is 0 Å². The molecule has 0 aliphatic rings. The lowest BCUT2D eigenvalue weighted by Gasteiger charge is -2.06. The topological polar surface area (TPSA) is 24.9 Å². The highest BCUT2D eigenvalue weighted by molar-refractivity contribution is 9.10. The van der Waals surface area contributed by atoms with Crippen LogP contribution in [0.15, 0.2) is 28.2 Å². The Bertz CT molecular complexity index is 498. The summed E-state index contributed by atoms with van der Waals surface area (Å²) in [5.74, 6) is -0.253. The number of rotatable bonds is 3. The van der Waals surface area contributed by atoms with Crippen molar-refractivity contribution in [2.45, 2.75) is 13.5 Å². The van der Waals surface area contributed by atoms with E-state index in [1.807, 2.05) is 13.0 Å². The number of benzene rings is 1. The molecule has 1 aromatic heterocycles. The average Bonchev–Trinajstić information content (AvgIpc) is 2.63. The van der Waals surface area contributed by atoms with E-state index in [1.165, 1.54) is 6.07 Å². The summed E-state index contributed by atoms with van der Waals surface area (Å²) in [5, 5.41) is 3.06. The van der Waals surface area contributed by atoms with Gasteiger partial charge < -0.3 is 5.32 Å². The van der Waals surface area contributed by atoms with Crippen LogP contribution in [0.1, 0.15) is 10.6 Å². The van der Waals surface area contributed by atoms with Crippen molar-refractivity contribution in [3.63, 3.8) is 0 Å². The second-order valence-corrected chi connectivity index (χ2v) is 5.19. The summed E-state index contributed by atoms with van der Waals surface area (Å²) in [6, 6.07) is 4.97. The van der Waals surface area contributed by atoms with Crippen molar-refractivity contribution in [2.75, 3.05) is 5.32 Å². The van der Waals surface area contributed by atoms with Crippen molar-refractivity contribution in [3.8, 4) is 0 Å². The summed E-state index contributed by atoms with van der Waals surface area (Å²) in [6.07, 6.45) is 0. The minimum absolute atomic E-state index is 0.253. The van der Waals surface area contributed by atoms with Crippen LogP contribution in [-0.4, -0.2) is 4.98 Å². The Morgan fingerprint density at radius 3 is 2.94 bits per heavy atom. The van der Waals surface area contributed by atoms with Crippen LogP contribution in [0, 0.1) is 12.7 Å². The second-order valence-electron chi connectivity index (χ2n) is 3.34. The van der Waals surface area contributed by atoms with Crippen LogP contribution < -0.4 is 5.32 Å². The van der Waals surface area contributed by atoms with E-state index in [2.05, 4.69) is 26.2 Å². The van der Waals surface area contributed by atoms with E-state index in [4.69, 9.17) is 0 Å². The van der Waals surface area contributed by atoms with E-state index < -0.39 is 0 Å². The largest absolute Gasteiger partial charge is 0.378 e. The number of hydrogen-bond acceptors (Lipinski definition) is 3. The zero-order valence-electron chi connectivity index (χ0n) is 8.63. The molecular formula is C11H10BrFN2S. The zero-order valence-corrected chi connectivity index (χ0v) is 11.0. The van der Waals surface area contributed by atoms with E-state index >= 15 is 0 Å². The van der Waals surface area contributed by atoms with Crippen molar-refractivity contribution in [1.82, 2.24) is 4.98 Å². The molecule has 0 saturated carbocycles. The molecule has 84 valence electrons. The molecule has 0 amide bonds. The Labute approximate surface area is 106 Å².